The fourth-order valence-corrected chi connectivity index (χ4v) is 4.81. The number of hydrogen-bond donors (Lipinski definition) is 2. The summed E-state index contributed by atoms with van der Waals surface area (Å²) < 4.78 is 28.6. The number of esters is 1. The highest BCUT2D eigenvalue weighted by molar-refractivity contribution is 8.07. The number of fused-ring (bicyclic) bond motifs is 2. The smallest absolute Gasteiger partial charge is 0.330 e. The molecule has 3 unspecified atom stereocenters. The molecule has 0 amide bonds. The number of aliphatic hydroxyl groups excluding tert-OH is 1. The Hall–Kier alpha value is -1.66. The third-order valence-corrected chi connectivity index (χ3v) is 6.48. The van der Waals surface area contributed by atoms with Gasteiger partial charge in [-0.15, -0.1) is 0 Å². The minimum absolute atomic E-state index is 0.0672. The van der Waals surface area contributed by atoms with Gasteiger partial charge >= 0.3 is 12.7 Å². The van der Waals surface area contributed by atoms with Crippen molar-refractivity contribution in [2.75, 3.05) is 19.1 Å². The summed E-state index contributed by atoms with van der Waals surface area (Å²) in [5.41, 5.74) is 7.35. The second-order valence-corrected chi connectivity index (χ2v) is 8.94. The number of rotatable bonds is 4. The highest BCUT2D eigenvalue weighted by Gasteiger charge is 2.52. The summed E-state index contributed by atoms with van der Waals surface area (Å²) in [4.78, 5) is 19.3. The molecule has 5 atom stereocenters. The Morgan fingerprint density at radius 1 is 1.56 bits per heavy atom. The van der Waals surface area contributed by atoms with E-state index in [-0.39, 0.29) is 13.4 Å². The molecule has 2 aliphatic rings. The second kappa shape index (κ2) is 7.06. The van der Waals surface area contributed by atoms with Gasteiger partial charge in [0.05, 0.1) is 18.6 Å². The van der Waals surface area contributed by atoms with Crippen molar-refractivity contribution in [1.29, 1.82) is 0 Å². The first-order chi connectivity index (χ1) is 12.9. The standard InChI is InChI=1S/C14H17N4O7PS/c1-7(19)21-6-23-26(27)22-4-9-12(25-26)11(20)14(24-9)18-5-17-10-8(15)2-3-16-13(10)18/h2-3,5,9,11-12,14,20H,4,6H2,1H3,(H2,15,16)/t9-,11?,12?,14-,26?/m1/s1. The van der Waals surface area contributed by atoms with Crippen LogP contribution in [0.5, 0.6) is 0 Å². The third-order valence-electron chi connectivity index (χ3n) is 4.20. The lowest BCUT2D eigenvalue weighted by molar-refractivity contribution is -0.149. The van der Waals surface area contributed by atoms with Gasteiger partial charge in [0.15, 0.2) is 11.9 Å². The number of anilines is 1. The van der Waals surface area contributed by atoms with E-state index < -0.39 is 37.2 Å². The van der Waals surface area contributed by atoms with Gasteiger partial charge in [-0.2, -0.15) is 0 Å². The summed E-state index contributed by atoms with van der Waals surface area (Å²) in [5.74, 6) is -0.519. The maximum Gasteiger partial charge on any atom is 0.330 e. The number of ether oxygens (including phenoxy) is 2. The molecule has 0 aromatic carbocycles. The summed E-state index contributed by atoms with van der Waals surface area (Å²) >= 11 is 5.25. The molecule has 4 heterocycles. The van der Waals surface area contributed by atoms with Crippen LogP contribution in [0.3, 0.4) is 0 Å². The predicted molar refractivity (Wildman–Crippen MR) is 94.7 cm³/mol. The van der Waals surface area contributed by atoms with Crippen LogP contribution >= 0.6 is 6.72 Å². The van der Waals surface area contributed by atoms with Crippen LogP contribution in [0, 0.1) is 0 Å². The second-order valence-electron chi connectivity index (χ2n) is 5.98. The van der Waals surface area contributed by atoms with Gasteiger partial charge in [0.2, 0.25) is 6.79 Å². The lowest BCUT2D eigenvalue weighted by Crippen LogP contribution is -2.39. The highest BCUT2D eigenvalue weighted by atomic mass is 32.5. The molecule has 2 aliphatic heterocycles. The van der Waals surface area contributed by atoms with E-state index >= 15 is 0 Å². The van der Waals surface area contributed by atoms with Crippen LogP contribution in [0.4, 0.5) is 5.69 Å². The molecule has 3 N–H and O–H groups in total. The fraction of sp³-hybridized carbons (Fsp3) is 0.500. The summed E-state index contributed by atoms with van der Waals surface area (Å²) in [6, 6.07) is 1.64. The van der Waals surface area contributed by atoms with E-state index in [1.54, 1.807) is 16.8 Å². The van der Waals surface area contributed by atoms with Gasteiger partial charge in [-0.05, 0) is 17.9 Å². The molecule has 0 saturated carbocycles. The summed E-state index contributed by atoms with van der Waals surface area (Å²) in [6.07, 6.45) is -0.167. The summed E-state index contributed by atoms with van der Waals surface area (Å²) in [5, 5.41) is 10.7. The molecule has 27 heavy (non-hydrogen) atoms. The topological polar surface area (TPSA) is 140 Å². The van der Waals surface area contributed by atoms with Crippen molar-refractivity contribution in [3.63, 3.8) is 0 Å². The molecule has 13 heteroatoms. The Morgan fingerprint density at radius 2 is 2.37 bits per heavy atom. The van der Waals surface area contributed by atoms with E-state index in [9.17, 15) is 9.90 Å². The molecule has 11 nitrogen and oxygen atoms in total. The highest BCUT2D eigenvalue weighted by Crippen LogP contribution is 2.57. The third kappa shape index (κ3) is 3.45. The Morgan fingerprint density at radius 3 is 3.15 bits per heavy atom. The number of carbonyl (C=O) groups is 1. The van der Waals surface area contributed by atoms with Gasteiger partial charge in [0.25, 0.3) is 0 Å². The Balaban J connectivity index is 1.52. The van der Waals surface area contributed by atoms with Crippen molar-refractivity contribution < 1.29 is 32.9 Å². The molecule has 0 aliphatic carbocycles. The Kier molecular flexibility index (Phi) is 4.89. The lowest BCUT2D eigenvalue weighted by atomic mass is 10.1. The monoisotopic (exact) mass is 416 g/mol. The number of nitrogens with zero attached hydrogens (tertiary/aromatic N) is 3. The van der Waals surface area contributed by atoms with Crippen LogP contribution in [-0.2, 0) is 39.6 Å². The maximum atomic E-state index is 10.8. The minimum atomic E-state index is -3.18. The van der Waals surface area contributed by atoms with Crippen LogP contribution in [0.15, 0.2) is 18.6 Å². The fourth-order valence-electron chi connectivity index (χ4n) is 2.94. The molecular formula is C14H17N4O7PS. The quantitative estimate of drug-likeness (QED) is 0.408. The molecular weight excluding hydrogens is 399 g/mol. The van der Waals surface area contributed by atoms with E-state index in [2.05, 4.69) is 9.97 Å². The Labute approximate surface area is 158 Å². The first-order valence-corrected chi connectivity index (χ1v) is 10.5. The van der Waals surface area contributed by atoms with Gasteiger partial charge in [0.1, 0.15) is 23.8 Å². The number of nitrogens with two attached hydrogens (primary N) is 1. The van der Waals surface area contributed by atoms with E-state index in [0.29, 0.717) is 16.9 Å². The summed E-state index contributed by atoms with van der Waals surface area (Å²) in [7, 11) is 0. The molecule has 2 aromatic rings. The lowest BCUT2D eigenvalue weighted by Gasteiger charge is -2.33. The van der Waals surface area contributed by atoms with E-state index in [1.807, 2.05) is 0 Å². The number of nitrogen functional groups attached to an aromatic ring is 1. The number of pyridine rings is 1. The van der Waals surface area contributed by atoms with Crippen LogP contribution in [0.2, 0.25) is 0 Å². The van der Waals surface area contributed by atoms with E-state index in [0.717, 1.165) is 0 Å². The summed E-state index contributed by atoms with van der Waals surface area (Å²) in [6.45, 7) is -2.26. The minimum Gasteiger partial charge on any atom is -0.438 e. The average molecular weight is 416 g/mol. The van der Waals surface area contributed by atoms with Gasteiger partial charge in [-0.3, -0.25) is 18.4 Å². The van der Waals surface area contributed by atoms with Gasteiger partial charge < -0.3 is 24.8 Å². The number of aromatic nitrogens is 3. The van der Waals surface area contributed by atoms with Gasteiger partial charge in [-0.25, -0.2) is 9.97 Å². The number of hydrogen-bond acceptors (Lipinski definition) is 11. The van der Waals surface area contributed by atoms with Gasteiger partial charge in [-0.1, -0.05) is 0 Å². The van der Waals surface area contributed by atoms with Crippen molar-refractivity contribution in [1.82, 2.24) is 14.5 Å². The molecule has 2 saturated heterocycles. The van der Waals surface area contributed by atoms with E-state index in [4.69, 9.17) is 40.6 Å². The molecule has 0 bridgehead atoms. The number of aliphatic hydroxyl groups is 1. The van der Waals surface area contributed by atoms with Crippen molar-refractivity contribution in [2.24, 2.45) is 0 Å². The molecule has 0 spiro atoms. The molecule has 2 fully saturated rings. The average Bonchev–Trinajstić information content (AvgIpc) is 3.17. The zero-order valence-corrected chi connectivity index (χ0v) is 15.8. The maximum absolute atomic E-state index is 10.8. The van der Waals surface area contributed by atoms with Crippen molar-refractivity contribution in [3.05, 3.63) is 18.6 Å². The van der Waals surface area contributed by atoms with Crippen LogP contribution < -0.4 is 5.73 Å². The first-order valence-electron chi connectivity index (χ1n) is 7.99. The van der Waals surface area contributed by atoms with Crippen molar-refractivity contribution in [2.45, 2.75) is 31.5 Å². The number of carbonyl (C=O) groups excluding carboxylic acids is 1. The van der Waals surface area contributed by atoms with Crippen molar-refractivity contribution in [3.8, 4) is 0 Å². The predicted octanol–water partition coefficient (Wildman–Crippen LogP) is 0.449. The Bertz CT molecular complexity index is 924. The van der Waals surface area contributed by atoms with Crippen molar-refractivity contribution >= 4 is 41.3 Å². The largest absolute Gasteiger partial charge is 0.438 e. The zero-order valence-electron chi connectivity index (χ0n) is 14.1. The van der Waals surface area contributed by atoms with Crippen LogP contribution in [0.1, 0.15) is 13.2 Å². The van der Waals surface area contributed by atoms with E-state index in [1.165, 1.54) is 13.3 Å². The van der Waals surface area contributed by atoms with Crippen LogP contribution in [0.25, 0.3) is 11.2 Å². The number of imidazole rings is 1. The molecule has 4 rings (SSSR count). The first kappa shape index (κ1) is 18.7. The molecule has 0 radical (unpaired) electrons. The normalized spacial score (nSPS) is 33.1. The van der Waals surface area contributed by atoms with Gasteiger partial charge in [0, 0.05) is 13.1 Å². The van der Waals surface area contributed by atoms with Crippen LogP contribution in [-0.4, -0.2) is 57.3 Å². The zero-order chi connectivity index (χ0) is 19.2. The molecule has 146 valence electrons. The molecule has 2 aromatic heterocycles. The SMILES string of the molecule is CC(=O)OCOP1(=S)OC[C@H]2O[C@@H](n3cnc4c(N)ccnc43)C(O)C2O1.